The van der Waals surface area contributed by atoms with E-state index in [4.69, 9.17) is 0 Å². The van der Waals surface area contributed by atoms with E-state index in [2.05, 4.69) is 42.8 Å². The SMILES string of the molecule is CC=CC#CC#CCCC=CCCC. The molecule has 0 bridgehead atoms. The van der Waals surface area contributed by atoms with Crippen LogP contribution in [0.1, 0.15) is 39.5 Å². The molecule has 0 atom stereocenters. The van der Waals surface area contributed by atoms with Crippen LogP contribution in [0.25, 0.3) is 0 Å². The Balaban J connectivity index is 3.49. The maximum atomic E-state index is 3.01. The molecule has 0 aromatic heterocycles. The zero-order chi connectivity index (χ0) is 10.5. The minimum Gasteiger partial charge on any atom is -0.0888 e. The summed E-state index contributed by atoms with van der Waals surface area (Å²) < 4.78 is 0. The van der Waals surface area contributed by atoms with E-state index in [0.29, 0.717) is 0 Å². The predicted octanol–water partition coefficient (Wildman–Crippen LogP) is 3.71. The molecule has 0 nitrogen and oxygen atoms in total. The summed E-state index contributed by atoms with van der Waals surface area (Å²) in [6.45, 7) is 4.13. The standard InChI is InChI=1S/C14H18/c1-3-5-7-9-11-13-14-12-10-8-6-4-2/h3,5,8,10H,4,6,12,14H2,1-2H3. The molecule has 0 aromatic carbocycles. The minimum absolute atomic E-state index is 0.907. The normalized spacial score (nSPS) is 9.57. The molecule has 0 rings (SSSR count). The van der Waals surface area contributed by atoms with Gasteiger partial charge in [0.2, 0.25) is 0 Å². The van der Waals surface area contributed by atoms with E-state index in [1.54, 1.807) is 6.08 Å². The van der Waals surface area contributed by atoms with Crippen LogP contribution in [0.2, 0.25) is 0 Å². The monoisotopic (exact) mass is 186 g/mol. The van der Waals surface area contributed by atoms with Gasteiger partial charge in [-0.2, -0.15) is 0 Å². The fourth-order valence-electron chi connectivity index (χ4n) is 0.826. The van der Waals surface area contributed by atoms with E-state index in [9.17, 15) is 0 Å². The smallest absolute Gasteiger partial charge is 0.0133 e. The second-order valence-electron chi connectivity index (χ2n) is 2.87. The van der Waals surface area contributed by atoms with Crippen molar-refractivity contribution in [3.05, 3.63) is 24.3 Å². The van der Waals surface area contributed by atoms with Crippen LogP contribution in [0.3, 0.4) is 0 Å². The molecule has 0 aliphatic heterocycles. The lowest BCUT2D eigenvalue weighted by Gasteiger charge is -1.83. The van der Waals surface area contributed by atoms with E-state index in [1.165, 1.54) is 12.8 Å². The average molecular weight is 186 g/mol. The second kappa shape index (κ2) is 11.6. The lowest BCUT2D eigenvalue weighted by atomic mass is 10.2. The predicted molar refractivity (Wildman–Crippen MR) is 63.6 cm³/mol. The molecule has 0 saturated carbocycles. The molecule has 0 heteroatoms. The van der Waals surface area contributed by atoms with E-state index in [-0.39, 0.29) is 0 Å². The van der Waals surface area contributed by atoms with E-state index < -0.39 is 0 Å². The molecule has 74 valence electrons. The van der Waals surface area contributed by atoms with Gasteiger partial charge in [-0.15, -0.1) is 0 Å². The Kier molecular flexibility index (Phi) is 10.4. The highest BCUT2D eigenvalue weighted by Crippen LogP contribution is 1.93. The summed E-state index contributed by atoms with van der Waals surface area (Å²) in [7, 11) is 0. The molecule has 0 aromatic rings. The van der Waals surface area contributed by atoms with Crippen molar-refractivity contribution < 1.29 is 0 Å². The van der Waals surface area contributed by atoms with E-state index in [1.807, 2.05) is 13.0 Å². The molecule has 0 aliphatic rings. The lowest BCUT2D eigenvalue weighted by Crippen LogP contribution is -1.66. The minimum atomic E-state index is 0.907. The van der Waals surface area contributed by atoms with Gasteiger partial charge in [0.05, 0.1) is 0 Å². The maximum Gasteiger partial charge on any atom is 0.0133 e. The van der Waals surface area contributed by atoms with Crippen molar-refractivity contribution in [2.75, 3.05) is 0 Å². The molecule has 0 fully saturated rings. The fraction of sp³-hybridized carbons (Fsp3) is 0.429. The van der Waals surface area contributed by atoms with Gasteiger partial charge in [0.1, 0.15) is 0 Å². The summed E-state index contributed by atoms with van der Waals surface area (Å²) >= 11 is 0. The van der Waals surface area contributed by atoms with Gasteiger partial charge in [-0.1, -0.05) is 43.4 Å². The van der Waals surface area contributed by atoms with Gasteiger partial charge in [0, 0.05) is 6.42 Å². The third-order valence-corrected chi connectivity index (χ3v) is 1.53. The van der Waals surface area contributed by atoms with Crippen LogP contribution in [0.5, 0.6) is 0 Å². The molecular weight excluding hydrogens is 168 g/mol. The first-order valence-corrected chi connectivity index (χ1v) is 5.16. The third kappa shape index (κ3) is 10.6. The molecule has 0 heterocycles. The van der Waals surface area contributed by atoms with Crippen LogP contribution < -0.4 is 0 Å². The third-order valence-electron chi connectivity index (χ3n) is 1.53. The Hall–Kier alpha value is -1.40. The molecule has 0 radical (unpaired) electrons. The van der Waals surface area contributed by atoms with Crippen molar-refractivity contribution in [3.8, 4) is 23.7 Å². The molecule has 0 unspecified atom stereocenters. The molecule has 0 N–H and O–H groups in total. The van der Waals surface area contributed by atoms with Gasteiger partial charge in [0.25, 0.3) is 0 Å². The number of hydrogen-bond acceptors (Lipinski definition) is 0. The highest BCUT2D eigenvalue weighted by Gasteiger charge is 1.75. The topological polar surface area (TPSA) is 0 Å². The number of allylic oxidation sites excluding steroid dienone is 4. The fourth-order valence-corrected chi connectivity index (χ4v) is 0.826. The van der Waals surface area contributed by atoms with Crippen LogP contribution >= 0.6 is 0 Å². The Morgan fingerprint density at radius 1 is 1.07 bits per heavy atom. The van der Waals surface area contributed by atoms with Crippen molar-refractivity contribution in [3.63, 3.8) is 0 Å². The van der Waals surface area contributed by atoms with Crippen molar-refractivity contribution in [2.45, 2.75) is 39.5 Å². The van der Waals surface area contributed by atoms with Crippen LogP contribution in [0, 0.1) is 23.7 Å². The number of unbranched alkanes of at least 4 members (excludes halogenated alkanes) is 2. The molecule has 14 heavy (non-hydrogen) atoms. The van der Waals surface area contributed by atoms with Crippen LogP contribution in [-0.2, 0) is 0 Å². The quantitative estimate of drug-likeness (QED) is 0.357. The highest BCUT2D eigenvalue weighted by molar-refractivity contribution is 5.30. The van der Waals surface area contributed by atoms with Crippen molar-refractivity contribution in [2.24, 2.45) is 0 Å². The molecular formula is C14H18. The summed E-state index contributed by atoms with van der Waals surface area (Å²) in [6, 6.07) is 0. The van der Waals surface area contributed by atoms with Crippen LogP contribution in [-0.4, -0.2) is 0 Å². The van der Waals surface area contributed by atoms with Gasteiger partial charge < -0.3 is 0 Å². The zero-order valence-corrected chi connectivity index (χ0v) is 9.14. The number of rotatable bonds is 4. The van der Waals surface area contributed by atoms with Crippen LogP contribution in [0.15, 0.2) is 24.3 Å². The second-order valence-corrected chi connectivity index (χ2v) is 2.87. The Morgan fingerprint density at radius 2 is 1.86 bits per heavy atom. The van der Waals surface area contributed by atoms with Crippen molar-refractivity contribution in [1.29, 1.82) is 0 Å². The molecule has 0 spiro atoms. The summed E-state index contributed by atoms with van der Waals surface area (Å²) in [5.41, 5.74) is 0. The number of hydrogen-bond donors (Lipinski definition) is 0. The van der Waals surface area contributed by atoms with Crippen LogP contribution in [0.4, 0.5) is 0 Å². The van der Waals surface area contributed by atoms with Crippen molar-refractivity contribution >= 4 is 0 Å². The Labute approximate surface area is 88.1 Å². The molecule has 0 amide bonds. The zero-order valence-electron chi connectivity index (χ0n) is 9.14. The van der Waals surface area contributed by atoms with Gasteiger partial charge in [-0.3, -0.25) is 0 Å². The van der Waals surface area contributed by atoms with Gasteiger partial charge in [-0.05, 0) is 37.7 Å². The van der Waals surface area contributed by atoms with E-state index in [0.717, 1.165) is 12.8 Å². The summed E-state index contributed by atoms with van der Waals surface area (Å²) in [4.78, 5) is 0. The highest BCUT2D eigenvalue weighted by atomic mass is 13.8. The summed E-state index contributed by atoms with van der Waals surface area (Å²) in [6.07, 6.45) is 12.5. The van der Waals surface area contributed by atoms with Crippen molar-refractivity contribution in [1.82, 2.24) is 0 Å². The molecule has 0 aliphatic carbocycles. The summed E-state index contributed by atoms with van der Waals surface area (Å²) in [5, 5.41) is 0. The Bertz CT molecular complexity index is 283. The summed E-state index contributed by atoms with van der Waals surface area (Å²) in [5.74, 6) is 11.4. The van der Waals surface area contributed by atoms with Gasteiger partial charge >= 0.3 is 0 Å². The largest absolute Gasteiger partial charge is 0.0888 e. The maximum absolute atomic E-state index is 3.01. The first-order chi connectivity index (χ1) is 6.91. The Morgan fingerprint density at radius 3 is 2.57 bits per heavy atom. The van der Waals surface area contributed by atoms with Gasteiger partial charge in [0.15, 0.2) is 0 Å². The lowest BCUT2D eigenvalue weighted by molar-refractivity contribution is 0.946. The van der Waals surface area contributed by atoms with Gasteiger partial charge in [-0.25, -0.2) is 0 Å². The first-order valence-electron chi connectivity index (χ1n) is 5.16. The molecule has 0 saturated heterocycles. The van der Waals surface area contributed by atoms with E-state index >= 15 is 0 Å². The first kappa shape index (κ1) is 12.6. The average Bonchev–Trinajstić information content (AvgIpc) is 2.21.